The normalized spacial score (nSPS) is 48.5. The van der Waals surface area contributed by atoms with E-state index in [9.17, 15) is 0 Å². The van der Waals surface area contributed by atoms with Crippen molar-refractivity contribution in [2.75, 3.05) is 26.3 Å². The van der Waals surface area contributed by atoms with Crippen LogP contribution in [0, 0.1) is 5.92 Å². The fourth-order valence-electron chi connectivity index (χ4n) is 3.66. The van der Waals surface area contributed by atoms with Crippen molar-refractivity contribution in [2.45, 2.75) is 57.2 Å². The first-order valence-corrected chi connectivity index (χ1v) is 7.13. The van der Waals surface area contributed by atoms with Crippen LogP contribution in [0.4, 0.5) is 0 Å². The first-order valence-electron chi connectivity index (χ1n) is 7.13. The standard InChI is InChI=1S/C14H26N2O/c1-11-8-15-14(3,12-4-5-12)9-16(11)13(2)6-7-17-10-13/h11-12,15H,4-10H2,1-3H3. The molecule has 98 valence electrons. The molecular weight excluding hydrogens is 212 g/mol. The van der Waals surface area contributed by atoms with Gasteiger partial charge in [-0.3, -0.25) is 4.90 Å². The Bertz CT molecular complexity index is 297. The quantitative estimate of drug-likeness (QED) is 0.791. The van der Waals surface area contributed by atoms with Crippen LogP contribution in [0.25, 0.3) is 0 Å². The molecule has 0 aromatic rings. The second-order valence-corrected chi connectivity index (χ2v) is 6.85. The van der Waals surface area contributed by atoms with Crippen molar-refractivity contribution in [1.82, 2.24) is 10.2 Å². The van der Waals surface area contributed by atoms with Gasteiger partial charge in [-0.25, -0.2) is 0 Å². The molecule has 1 N–H and O–H groups in total. The molecule has 3 fully saturated rings. The van der Waals surface area contributed by atoms with Crippen molar-refractivity contribution in [3.8, 4) is 0 Å². The summed E-state index contributed by atoms with van der Waals surface area (Å²) in [5.74, 6) is 0.906. The van der Waals surface area contributed by atoms with E-state index in [0.29, 0.717) is 11.6 Å². The molecule has 2 aliphatic heterocycles. The van der Waals surface area contributed by atoms with Gasteiger partial charge in [0.1, 0.15) is 0 Å². The Balaban J connectivity index is 1.77. The molecule has 3 heteroatoms. The van der Waals surface area contributed by atoms with Gasteiger partial charge in [-0.1, -0.05) is 0 Å². The van der Waals surface area contributed by atoms with E-state index in [4.69, 9.17) is 4.74 Å². The number of nitrogens with zero attached hydrogens (tertiary/aromatic N) is 1. The average Bonchev–Trinajstić information content (AvgIpc) is 3.07. The van der Waals surface area contributed by atoms with Crippen molar-refractivity contribution < 1.29 is 4.74 Å². The maximum Gasteiger partial charge on any atom is 0.0648 e. The molecule has 0 bridgehead atoms. The first kappa shape index (κ1) is 11.9. The zero-order valence-corrected chi connectivity index (χ0v) is 11.5. The van der Waals surface area contributed by atoms with Crippen LogP contribution >= 0.6 is 0 Å². The third-order valence-corrected chi connectivity index (χ3v) is 5.20. The monoisotopic (exact) mass is 238 g/mol. The number of rotatable bonds is 2. The molecule has 3 unspecified atom stereocenters. The van der Waals surface area contributed by atoms with E-state index in [-0.39, 0.29) is 5.54 Å². The fraction of sp³-hybridized carbons (Fsp3) is 1.00. The minimum atomic E-state index is 0.275. The Morgan fingerprint density at radius 2 is 2.06 bits per heavy atom. The number of hydrogen-bond donors (Lipinski definition) is 1. The van der Waals surface area contributed by atoms with Gasteiger partial charge in [-0.15, -0.1) is 0 Å². The van der Waals surface area contributed by atoms with E-state index in [1.807, 2.05) is 0 Å². The van der Waals surface area contributed by atoms with E-state index in [1.54, 1.807) is 0 Å². The Kier molecular flexibility index (Phi) is 2.77. The third-order valence-electron chi connectivity index (χ3n) is 5.20. The summed E-state index contributed by atoms with van der Waals surface area (Å²) >= 11 is 0. The average molecular weight is 238 g/mol. The summed E-state index contributed by atoms with van der Waals surface area (Å²) in [6, 6.07) is 0.633. The van der Waals surface area contributed by atoms with E-state index in [1.165, 1.54) is 25.8 Å². The Morgan fingerprint density at radius 3 is 2.65 bits per heavy atom. The summed E-state index contributed by atoms with van der Waals surface area (Å²) in [7, 11) is 0. The maximum atomic E-state index is 5.64. The molecule has 2 saturated heterocycles. The van der Waals surface area contributed by atoms with Gasteiger partial charge in [0.15, 0.2) is 0 Å². The molecule has 3 aliphatic rings. The van der Waals surface area contributed by atoms with Crippen LogP contribution in [0.1, 0.15) is 40.0 Å². The molecule has 0 aromatic carbocycles. The van der Waals surface area contributed by atoms with Crippen LogP contribution in [0.3, 0.4) is 0 Å². The van der Waals surface area contributed by atoms with Gasteiger partial charge in [0.25, 0.3) is 0 Å². The summed E-state index contributed by atoms with van der Waals surface area (Å²) in [4.78, 5) is 2.72. The lowest BCUT2D eigenvalue weighted by Gasteiger charge is -2.51. The lowest BCUT2D eigenvalue weighted by atomic mass is 9.86. The molecule has 17 heavy (non-hydrogen) atoms. The van der Waals surface area contributed by atoms with Crippen molar-refractivity contribution in [2.24, 2.45) is 5.92 Å². The maximum absolute atomic E-state index is 5.64. The highest BCUT2D eigenvalue weighted by molar-refractivity contribution is 5.07. The molecular formula is C14H26N2O. The Labute approximate surface area is 105 Å². The fourth-order valence-corrected chi connectivity index (χ4v) is 3.66. The highest BCUT2D eigenvalue weighted by atomic mass is 16.5. The zero-order chi connectivity index (χ0) is 12.1. The van der Waals surface area contributed by atoms with Crippen LogP contribution in [0.15, 0.2) is 0 Å². The van der Waals surface area contributed by atoms with Crippen molar-refractivity contribution in [1.29, 1.82) is 0 Å². The molecule has 3 rings (SSSR count). The Hall–Kier alpha value is -0.120. The van der Waals surface area contributed by atoms with Crippen LogP contribution in [-0.4, -0.2) is 48.3 Å². The lowest BCUT2D eigenvalue weighted by Crippen LogP contribution is -2.68. The van der Waals surface area contributed by atoms with Gasteiger partial charge < -0.3 is 10.1 Å². The zero-order valence-electron chi connectivity index (χ0n) is 11.5. The number of ether oxygens (including phenoxy) is 1. The summed E-state index contributed by atoms with van der Waals surface area (Å²) in [6.45, 7) is 11.3. The predicted octanol–water partition coefficient (Wildman–Crippen LogP) is 1.63. The number of hydrogen-bond acceptors (Lipinski definition) is 3. The van der Waals surface area contributed by atoms with Gasteiger partial charge in [0.05, 0.1) is 6.61 Å². The van der Waals surface area contributed by atoms with Crippen LogP contribution in [-0.2, 0) is 4.74 Å². The van der Waals surface area contributed by atoms with Gasteiger partial charge in [0.2, 0.25) is 0 Å². The van der Waals surface area contributed by atoms with Gasteiger partial charge in [0, 0.05) is 36.8 Å². The smallest absolute Gasteiger partial charge is 0.0648 e. The molecule has 0 aromatic heterocycles. The van der Waals surface area contributed by atoms with Crippen LogP contribution in [0.5, 0.6) is 0 Å². The lowest BCUT2D eigenvalue weighted by molar-refractivity contribution is -0.00889. The highest BCUT2D eigenvalue weighted by Gasteiger charge is 2.49. The molecule has 0 amide bonds. The first-order chi connectivity index (χ1) is 8.04. The predicted molar refractivity (Wildman–Crippen MR) is 69.1 cm³/mol. The topological polar surface area (TPSA) is 24.5 Å². The summed E-state index contributed by atoms with van der Waals surface area (Å²) in [5.41, 5.74) is 0.621. The minimum Gasteiger partial charge on any atom is -0.379 e. The van der Waals surface area contributed by atoms with E-state index in [0.717, 1.165) is 25.7 Å². The second kappa shape index (κ2) is 3.94. The summed E-state index contributed by atoms with van der Waals surface area (Å²) < 4.78 is 5.64. The van der Waals surface area contributed by atoms with E-state index >= 15 is 0 Å². The molecule has 0 spiro atoms. The minimum absolute atomic E-state index is 0.275. The van der Waals surface area contributed by atoms with Gasteiger partial charge in [-0.2, -0.15) is 0 Å². The highest BCUT2D eigenvalue weighted by Crippen LogP contribution is 2.43. The SMILES string of the molecule is CC1CNC(C)(C2CC2)CN1C1(C)CCOC1. The van der Waals surface area contributed by atoms with E-state index in [2.05, 4.69) is 31.0 Å². The molecule has 0 radical (unpaired) electrons. The second-order valence-electron chi connectivity index (χ2n) is 6.85. The molecule has 1 aliphatic carbocycles. The van der Waals surface area contributed by atoms with Gasteiger partial charge in [-0.05, 0) is 46.0 Å². The molecule has 3 atom stereocenters. The third kappa shape index (κ3) is 2.02. The molecule has 2 heterocycles. The number of piperazine rings is 1. The summed E-state index contributed by atoms with van der Waals surface area (Å²) in [5, 5.41) is 3.80. The van der Waals surface area contributed by atoms with Crippen LogP contribution < -0.4 is 5.32 Å². The van der Waals surface area contributed by atoms with Crippen LogP contribution in [0.2, 0.25) is 0 Å². The van der Waals surface area contributed by atoms with E-state index < -0.39 is 0 Å². The number of nitrogens with one attached hydrogen (secondary N) is 1. The van der Waals surface area contributed by atoms with Gasteiger partial charge >= 0.3 is 0 Å². The van der Waals surface area contributed by atoms with Crippen molar-refractivity contribution in [3.05, 3.63) is 0 Å². The largest absolute Gasteiger partial charge is 0.379 e. The molecule has 1 saturated carbocycles. The van der Waals surface area contributed by atoms with Crippen molar-refractivity contribution in [3.63, 3.8) is 0 Å². The Morgan fingerprint density at radius 1 is 1.29 bits per heavy atom. The van der Waals surface area contributed by atoms with Crippen molar-refractivity contribution >= 4 is 0 Å². The molecule has 3 nitrogen and oxygen atoms in total. The summed E-state index contributed by atoms with van der Waals surface area (Å²) in [6.07, 6.45) is 4.02.